The molecule has 1 aromatic heterocycles. The molecule has 0 aliphatic heterocycles. The van der Waals surface area contributed by atoms with Crippen LogP contribution >= 0.6 is 0 Å². The fourth-order valence-corrected chi connectivity index (χ4v) is 2.27. The highest BCUT2D eigenvalue weighted by atomic mass is 16.4. The van der Waals surface area contributed by atoms with Crippen molar-refractivity contribution in [3.63, 3.8) is 0 Å². The molecular weight excluding hydrogens is 206 g/mol. The van der Waals surface area contributed by atoms with Crippen LogP contribution in [-0.4, -0.2) is 28.6 Å². The summed E-state index contributed by atoms with van der Waals surface area (Å²) in [4.78, 5) is 13.1. The molecule has 0 amide bonds. The first-order valence-electron chi connectivity index (χ1n) is 5.71. The number of carboxylic acids is 1. The highest BCUT2D eigenvalue weighted by Crippen LogP contribution is 2.33. The fourth-order valence-electron chi connectivity index (χ4n) is 2.27. The van der Waals surface area contributed by atoms with E-state index in [0.29, 0.717) is 6.54 Å². The van der Waals surface area contributed by atoms with Crippen LogP contribution in [0.3, 0.4) is 0 Å². The average Bonchev–Trinajstić information content (AvgIpc) is 2.66. The van der Waals surface area contributed by atoms with E-state index < -0.39 is 5.97 Å². The summed E-state index contributed by atoms with van der Waals surface area (Å²) >= 11 is 0. The first kappa shape index (κ1) is 11.2. The monoisotopic (exact) mass is 223 g/mol. The Hall–Kier alpha value is -1.29. The molecule has 0 aromatic carbocycles. The number of furan rings is 1. The van der Waals surface area contributed by atoms with Crippen LogP contribution in [0.5, 0.6) is 0 Å². The molecule has 4 nitrogen and oxygen atoms in total. The Morgan fingerprint density at radius 1 is 1.62 bits per heavy atom. The van der Waals surface area contributed by atoms with Gasteiger partial charge in [-0.25, -0.2) is 0 Å². The van der Waals surface area contributed by atoms with Crippen molar-refractivity contribution < 1.29 is 14.3 Å². The fraction of sp³-hybridized carbons (Fsp3) is 0.583. The van der Waals surface area contributed by atoms with Crippen LogP contribution in [-0.2, 0) is 11.3 Å². The summed E-state index contributed by atoms with van der Waals surface area (Å²) < 4.78 is 5.29. The molecule has 1 heterocycles. The van der Waals surface area contributed by atoms with Crippen molar-refractivity contribution >= 4 is 5.97 Å². The predicted octanol–water partition coefficient (Wildman–Crippen LogP) is 1.96. The zero-order valence-corrected chi connectivity index (χ0v) is 9.43. The van der Waals surface area contributed by atoms with E-state index in [4.69, 9.17) is 9.52 Å². The number of hydrogen-bond acceptors (Lipinski definition) is 3. The van der Waals surface area contributed by atoms with Gasteiger partial charge in [0, 0.05) is 6.04 Å². The molecule has 88 valence electrons. The van der Waals surface area contributed by atoms with Crippen molar-refractivity contribution in [2.45, 2.75) is 32.4 Å². The number of hydrogen-bond donors (Lipinski definition) is 1. The molecule has 1 saturated carbocycles. The van der Waals surface area contributed by atoms with Gasteiger partial charge in [-0.15, -0.1) is 0 Å². The van der Waals surface area contributed by atoms with Crippen molar-refractivity contribution in [3.05, 3.63) is 24.2 Å². The van der Waals surface area contributed by atoms with Crippen LogP contribution in [0.2, 0.25) is 0 Å². The average molecular weight is 223 g/mol. The number of rotatable bonds is 5. The molecule has 2 atom stereocenters. The lowest BCUT2D eigenvalue weighted by molar-refractivity contribution is -0.149. The Bertz CT molecular complexity index is 347. The maximum atomic E-state index is 11.0. The van der Waals surface area contributed by atoms with E-state index in [1.807, 2.05) is 12.1 Å². The van der Waals surface area contributed by atoms with Crippen LogP contribution in [0.15, 0.2) is 22.8 Å². The third-order valence-electron chi connectivity index (χ3n) is 3.37. The third-order valence-corrected chi connectivity index (χ3v) is 3.37. The SMILES string of the molecule is CCN(Cc1ccco1)C1CCC1C(=O)O. The molecular formula is C12H17NO3. The van der Waals surface area contributed by atoms with Gasteiger partial charge in [-0.2, -0.15) is 0 Å². The van der Waals surface area contributed by atoms with Crippen LogP contribution < -0.4 is 0 Å². The van der Waals surface area contributed by atoms with Gasteiger partial charge in [-0.3, -0.25) is 9.69 Å². The van der Waals surface area contributed by atoms with Gasteiger partial charge in [0.25, 0.3) is 0 Å². The van der Waals surface area contributed by atoms with E-state index in [-0.39, 0.29) is 12.0 Å². The van der Waals surface area contributed by atoms with Crippen LogP contribution in [0.1, 0.15) is 25.5 Å². The highest BCUT2D eigenvalue weighted by molar-refractivity contribution is 5.72. The zero-order valence-electron chi connectivity index (χ0n) is 9.43. The lowest BCUT2D eigenvalue weighted by atomic mass is 9.78. The number of nitrogens with zero attached hydrogens (tertiary/aromatic N) is 1. The minimum atomic E-state index is -0.672. The maximum absolute atomic E-state index is 11.0. The first-order valence-corrected chi connectivity index (χ1v) is 5.71. The summed E-state index contributed by atoms with van der Waals surface area (Å²) in [6.07, 6.45) is 3.43. The normalized spacial score (nSPS) is 24.4. The maximum Gasteiger partial charge on any atom is 0.308 e. The van der Waals surface area contributed by atoms with Crippen molar-refractivity contribution in [3.8, 4) is 0 Å². The zero-order chi connectivity index (χ0) is 11.5. The largest absolute Gasteiger partial charge is 0.481 e. The summed E-state index contributed by atoms with van der Waals surface area (Å²) in [7, 11) is 0. The van der Waals surface area contributed by atoms with Gasteiger partial charge in [-0.1, -0.05) is 6.92 Å². The molecule has 0 spiro atoms. The predicted molar refractivity (Wildman–Crippen MR) is 58.9 cm³/mol. The Kier molecular flexibility index (Phi) is 3.29. The summed E-state index contributed by atoms with van der Waals surface area (Å²) in [5.41, 5.74) is 0. The Labute approximate surface area is 94.9 Å². The van der Waals surface area contributed by atoms with E-state index in [1.54, 1.807) is 6.26 Å². The van der Waals surface area contributed by atoms with E-state index in [0.717, 1.165) is 25.1 Å². The summed E-state index contributed by atoms with van der Waals surface area (Å²) in [6.45, 7) is 3.62. The molecule has 1 N–H and O–H groups in total. The summed E-state index contributed by atoms with van der Waals surface area (Å²) in [5.74, 6) is 0.0296. The standard InChI is InChI=1S/C12H17NO3/c1-2-13(8-9-4-3-7-16-9)11-6-5-10(11)12(14)15/h3-4,7,10-11H,2,5-6,8H2,1H3,(H,14,15). The Morgan fingerprint density at radius 3 is 2.88 bits per heavy atom. The number of aliphatic carboxylic acids is 1. The van der Waals surface area contributed by atoms with Gasteiger partial charge in [0.1, 0.15) is 5.76 Å². The molecule has 0 bridgehead atoms. The van der Waals surface area contributed by atoms with Crippen LogP contribution in [0.25, 0.3) is 0 Å². The lowest BCUT2D eigenvalue weighted by Crippen LogP contribution is -2.49. The number of carbonyl (C=O) groups is 1. The second-order valence-electron chi connectivity index (χ2n) is 4.23. The van der Waals surface area contributed by atoms with Gasteiger partial charge in [-0.05, 0) is 31.5 Å². The summed E-state index contributed by atoms with van der Waals surface area (Å²) in [5, 5.41) is 9.02. The molecule has 1 aliphatic rings. The van der Waals surface area contributed by atoms with Crippen LogP contribution in [0, 0.1) is 5.92 Å². The second kappa shape index (κ2) is 4.70. The van der Waals surface area contributed by atoms with Gasteiger partial charge >= 0.3 is 5.97 Å². The van der Waals surface area contributed by atoms with Gasteiger partial charge in [0.05, 0.1) is 18.7 Å². The molecule has 0 saturated heterocycles. The number of carboxylic acid groups (broad SMARTS) is 1. The molecule has 1 fully saturated rings. The summed E-state index contributed by atoms with van der Waals surface area (Å²) in [6, 6.07) is 3.96. The second-order valence-corrected chi connectivity index (χ2v) is 4.23. The molecule has 0 radical (unpaired) electrons. The van der Waals surface area contributed by atoms with Crippen molar-refractivity contribution in [1.82, 2.24) is 4.90 Å². The topological polar surface area (TPSA) is 53.7 Å². The van der Waals surface area contributed by atoms with Gasteiger partial charge < -0.3 is 9.52 Å². The van der Waals surface area contributed by atoms with Gasteiger partial charge in [0.2, 0.25) is 0 Å². The van der Waals surface area contributed by atoms with E-state index >= 15 is 0 Å². The third kappa shape index (κ3) is 2.11. The molecule has 4 heteroatoms. The van der Waals surface area contributed by atoms with Crippen molar-refractivity contribution in [2.24, 2.45) is 5.92 Å². The quantitative estimate of drug-likeness (QED) is 0.829. The van der Waals surface area contributed by atoms with Crippen molar-refractivity contribution in [1.29, 1.82) is 0 Å². The highest BCUT2D eigenvalue weighted by Gasteiger charge is 2.39. The Morgan fingerprint density at radius 2 is 2.44 bits per heavy atom. The molecule has 16 heavy (non-hydrogen) atoms. The first-order chi connectivity index (χ1) is 7.72. The minimum Gasteiger partial charge on any atom is -0.481 e. The van der Waals surface area contributed by atoms with Crippen molar-refractivity contribution in [2.75, 3.05) is 6.54 Å². The minimum absolute atomic E-state index is 0.174. The molecule has 1 aromatic rings. The van der Waals surface area contributed by atoms with Gasteiger partial charge in [0.15, 0.2) is 0 Å². The lowest BCUT2D eigenvalue weighted by Gasteiger charge is -2.41. The van der Waals surface area contributed by atoms with E-state index in [1.165, 1.54) is 0 Å². The van der Waals surface area contributed by atoms with Crippen LogP contribution in [0.4, 0.5) is 0 Å². The Balaban J connectivity index is 1.97. The molecule has 2 unspecified atom stereocenters. The smallest absolute Gasteiger partial charge is 0.308 e. The molecule has 2 rings (SSSR count). The van der Waals surface area contributed by atoms with E-state index in [2.05, 4.69) is 11.8 Å². The van der Waals surface area contributed by atoms with E-state index in [9.17, 15) is 4.79 Å². The molecule has 1 aliphatic carbocycles.